The Bertz CT molecular complexity index is 1570. The zero-order valence-electron chi connectivity index (χ0n) is 19.9. The standard InChI is InChI=1S/C28H25FN6O/c1-36-21-11-12-22(23(29)15-21)25-24-26(30)35(16-18-7-3-2-4-8-18)33-27(24)32-28(31-25)34-14-13-19-9-5-6-10-20(19)17-34/h2-12,15H,13-14,16-17,30H2,1H3. The Balaban J connectivity index is 1.50. The Morgan fingerprint density at radius 2 is 1.75 bits per heavy atom. The molecule has 0 saturated carbocycles. The van der Waals surface area contributed by atoms with Crippen LogP contribution in [-0.2, 0) is 19.5 Å². The summed E-state index contributed by atoms with van der Waals surface area (Å²) in [6.07, 6.45) is 0.883. The number of methoxy groups -OCH3 is 1. The lowest BCUT2D eigenvalue weighted by molar-refractivity contribution is 0.411. The lowest BCUT2D eigenvalue weighted by Crippen LogP contribution is -2.31. The Hall–Kier alpha value is -4.46. The first-order valence-electron chi connectivity index (χ1n) is 11.8. The van der Waals surface area contributed by atoms with Crippen molar-refractivity contribution in [3.8, 4) is 17.0 Å². The summed E-state index contributed by atoms with van der Waals surface area (Å²) in [5.41, 5.74) is 11.4. The van der Waals surface area contributed by atoms with E-state index in [2.05, 4.69) is 23.1 Å². The summed E-state index contributed by atoms with van der Waals surface area (Å²) >= 11 is 0. The molecule has 2 N–H and O–H groups in total. The van der Waals surface area contributed by atoms with Crippen molar-refractivity contribution < 1.29 is 9.13 Å². The third kappa shape index (κ3) is 3.90. The van der Waals surface area contributed by atoms with Gasteiger partial charge in [-0.25, -0.2) is 14.1 Å². The minimum atomic E-state index is -0.445. The van der Waals surface area contributed by atoms with E-state index >= 15 is 4.39 Å². The van der Waals surface area contributed by atoms with Gasteiger partial charge >= 0.3 is 0 Å². The summed E-state index contributed by atoms with van der Waals surface area (Å²) < 4.78 is 22.2. The number of rotatable bonds is 5. The Kier molecular flexibility index (Phi) is 5.48. The van der Waals surface area contributed by atoms with E-state index in [0.29, 0.717) is 52.9 Å². The molecule has 1 aliphatic heterocycles. The summed E-state index contributed by atoms with van der Waals surface area (Å²) in [5, 5.41) is 5.26. The number of nitrogen functional groups attached to an aromatic ring is 1. The van der Waals surface area contributed by atoms with Gasteiger partial charge in [-0.15, -0.1) is 5.10 Å². The van der Waals surface area contributed by atoms with Crippen molar-refractivity contribution >= 4 is 22.8 Å². The van der Waals surface area contributed by atoms with Crippen molar-refractivity contribution in [3.63, 3.8) is 0 Å². The maximum absolute atomic E-state index is 15.3. The fourth-order valence-electron chi connectivity index (χ4n) is 4.74. The van der Waals surface area contributed by atoms with Crippen molar-refractivity contribution in [3.05, 3.63) is 95.3 Å². The van der Waals surface area contributed by atoms with Crippen LogP contribution in [0.15, 0.2) is 72.8 Å². The van der Waals surface area contributed by atoms with E-state index in [0.717, 1.165) is 18.5 Å². The van der Waals surface area contributed by atoms with E-state index < -0.39 is 5.82 Å². The van der Waals surface area contributed by atoms with Crippen molar-refractivity contribution in [1.29, 1.82) is 0 Å². The second-order valence-corrected chi connectivity index (χ2v) is 8.89. The number of benzene rings is 3. The van der Waals surface area contributed by atoms with Crippen LogP contribution in [0.1, 0.15) is 16.7 Å². The smallest absolute Gasteiger partial charge is 0.228 e. The molecule has 36 heavy (non-hydrogen) atoms. The average Bonchev–Trinajstić information content (AvgIpc) is 3.23. The number of aromatic nitrogens is 4. The normalized spacial score (nSPS) is 13.1. The highest BCUT2D eigenvalue weighted by atomic mass is 19.1. The molecule has 2 aromatic heterocycles. The number of anilines is 2. The Labute approximate surface area is 208 Å². The summed E-state index contributed by atoms with van der Waals surface area (Å²) in [6, 6.07) is 23.0. The molecule has 0 amide bonds. The van der Waals surface area contributed by atoms with Gasteiger partial charge in [-0.05, 0) is 35.2 Å². The molecule has 0 bridgehead atoms. The molecule has 0 atom stereocenters. The summed E-state index contributed by atoms with van der Waals surface area (Å²) in [5.74, 6) is 0.892. The van der Waals surface area contributed by atoms with Crippen molar-refractivity contribution in [1.82, 2.24) is 19.7 Å². The fourth-order valence-corrected chi connectivity index (χ4v) is 4.74. The van der Waals surface area contributed by atoms with E-state index in [4.69, 9.17) is 25.5 Å². The first-order valence-corrected chi connectivity index (χ1v) is 11.8. The lowest BCUT2D eigenvalue weighted by atomic mass is 10.0. The quantitative estimate of drug-likeness (QED) is 0.388. The maximum Gasteiger partial charge on any atom is 0.228 e. The van der Waals surface area contributed by atoms with Gasteiger partial charge in [-0.2, -0.15) is 4.98 Å². The highest BCUT2D eigenvalue weighted by molar-refractivity contribution is 5.99. The number of hydrogen-bond donors (Lipinski definition) is 1. The molecule has 8 heteroatoms. The molecule has 0 aliphatic carbocycles. The fraction of sp³-hybridized carbons (Fsp3) is 0.179. The van der Waals surface area contributed by atoms with Gasteiger partial charge in [0.1, 0.15) is 17.4 Å². The molecular weight excluding hydrogens is 455 g/mol. The summed E-state index contributed by atoms with van der Waals surface area (Å²) in [7, 11) is 1.51. The molecule has 1 aliphatic rings. The molecule has 0 saturated heterocycles. The second-order valence-electron chi connectivity index (χ2n) is 8.89. The molecular formula is C28H25FN6O. The minimum absolute atomic E-state index is 0.327. The van der Waals surface area contributed by atoms with Crippen LogP contribution < -0.4 is 15.4 Å². The minimum Gasteiger partial charge on any atom is -0.497 e. The third-order valence-electron chi connectivity index (χ3n) is 6.65. The average molecular weight is 481 g/mol. The highest BCUT2D eigenvalue weighted by Gasteiger charge is 2.24. The van der Waals surface area contributed by atoms with Gasteiger partial charge < -0.3 is 15.4 Å². The van der Waals surface area contributed by atoms with Gasteiger partial charge in [-0.3, -0.25) is 0 Å². The van der Waals surface area contributed by atoms with Crippen LogP contribution in [0.2, 0.25) is 0 Å². The van der Waals surface area contributed by atoms with Crippen molar-refractivity contribution in [2.75, 3.05) is 24.3 Å². The van der Waals surface area contributed by atoms with Crippen molar-refractivity contribution in [2.45, 2.75) is 19.5 Å². The summed E-state index contributed by atoms with van der Waals surface area (Å²) in [4.78, 5) is 11.8. The molecule has 5 aromatic rings. The van der Waals surface area contributed by atoms with Crippen LogP contribution in [0.25, 0.3) is 22.3 Å². The predicted molar refractivity (Wildman–Crippen MR) is 138 cm³/mol. The number of hydrogen-bond acceptors (Lipinski definition) is 6. The van der Waals surface area contributed by atoms with Gasteiger partial charge in [0.05, 0.1) is 24.7 Å². The van der Waals surface area contributed by atoms with Crippen LogP contribution >= 0.6 is 0 Å². The number of ether oxygens (including phenoxy) is 1. The van der Waals surface area contributed by atoms with Gasteiger partial charge in [-0.1, -0.05) is 54.6 Å². The van der Waals surface area contributed by atoms with E-state index in [1.807, 2.05) is 36.4 Å². The van der Waals surface area contributed by atoms with Gasteiger partial charge in [0, 0.05) is 24.7 Å². The zero-order valence-corrected chi connectivity index (χ0v) is 19.9. The molecule has 3 aromatic carbocycles. The van der Waals surface area contributed by atoms with E-state index in [9.17, 15) is 0 Å². The van der Waals surface area contributed by atoms with Crippen LogP contribution in [0.5, 0.6) is 5.75 Å². The molecule has 0 fully saturated rings. The molecule has 7 nitrogen and oxygen atoms in total. The largest absolute Gasteiger partial charge is 0.497 e. The summed E-state index contributed by atoms with van der Waals surface area (Å²) in [6.45, 7) is 1.90. The SMILES string of the molecule is COc1ccc(-c2nc(N3CCc4ccccc4C3)nc3nn(Cc4ccccc4)c(N)c23)c(F)c1. The molecule has 0 radical (unpaired) electrons. The molecule has 0 unspecified atom stereocenters. The molecule has 180 valence electrons. The highest BCUT2D eigenvalue weighted by Crippen LogP contribution is 2.35. The molecule has 6 rings (SSSR count). The maximum atomic E-state index is 15.3. The van der Waals surface area contributed by atoms with E-state index in [1.165, 1.54) is 24.3 Å². The van der Waals surface area contributed by atoms with Crippen LogP contribution in [0, 0.1) is 5.82 Å². The number of nitrogens with two attached hydrogens (primary N) is 1. The van der Waals surface area contributed by atoms with Gasteiger partial charge in [0.15, 0.2) is 5.65 Å². The van der Waals surface area contributed by atoms with Crippen LogP contribution in [0.3, 0.4) is 0 Å². The monoisotopic (exact) mass is 480 g/mol. The number of halogens is 1. The van der Waals surface area contributed by atoms with Gasteiger partial charge in [0.25, 0.3) is 0 Å². The lowest BCUT2D eigenvalue weighted by Gasteiger charge is -2.29. The van der Waals surface area contributed by atoms with E-state index in [1.54, 1.807) is 16.8 Å². The molecule has 3 heterocycles. The zero-order chi connectivity index (χ0) is 24.6. The van der Waals surface area contributed by atoms with Gasteiger partial charge in [0.2, 0.25) is 5.95 Å². The number of fused-ring (bicyclic) bond motifs is 2. The van der Waals surface area contributed by atoms with Crippen LogP contribution in [0.4, 0.5) is 16.2 Å². The Morgan fingerprint density at radius 1 is 0.972 bits per heavy atom. The Morgan fingerprint density at radius 3 is 2.53 bits per heavy atom. The topological polar surface area (TPSA) is 82.1 Å². The first kappa shape index (κ1) is 22.0. The second kappa shape index (κ2) is 8.96. The number of nitrogens with zero attached hydrogens (tertiary/aromatic N) is 5. The van der Waals surface area contributed by atoms with Crippen molar-refractivity contribution in [2.24, 2.45) is 0 Å². The predicted octanol–water partition coefficient (Wildman–Crippen LogP) is 4.83. The third-order valence-corrected chi connectivity index (χ3v) is 6.65. The van der Waals surface area contributed by atoms with E-state index in [-0.39, 0.29) is 0 Å². The van der Waals surface area contributed by atoms with Crippen LogP contribution in [-0.4, -0.2) is 33.4 Å². The molecule has 0 spiro atoms. The first-order chi connectivity index (χ1) is 17.6.